The van der Waals surface area contributed by atoms with Gasteiger partial charge in [-0.15, -0.1) is 0 Å². The fraction of sp³-hybridized carbons (Fsp3) is 0.750. The Morgan fingerprint density at radius 3 is 2.13 bits per heavy atom. The van der Waals surface area contributed by atoms with Crippen LogP contribution in [0.25, 0.3) is 0 Å². The molecule has 0 amide bonds. The third kappa shape index (κ3) is 24.6. The number of hydrogen-bond acceptors (Lipinski definition) is 2. The summed E-state index contributed by atoms with van der Waals surface area (Å²) < 4.78 is 0. The van der Waals surface area contributed by atoms with Crippen molar-refractivity contribution in [3.8, 4) is 0 Å². The summed E-state index contributed by atoms with van der Waals surface area (Å²) in [5, 5.41) is 6.40. The highest BCUT2D eigenvalue weighted by Gasteiger charge is 1.94. The molecule has 0 saturated carbocycles. The first-order valence-corrected chi connectivity index (χ1v) is 5.51. The number of amidine groups is 1. The van der Waals surface area contributed by atoms with Gasteiger partial charge in [-0.25, -0.2) is 0 Å². The number of nitrogens with zero attached hydrogens (tertiary/aromatic N) is 1. The Morgan fingerprint density at radius 2 is 1.87 bits per heavy atom. The van der Waals surface area contributed by atoms with Crippen molar-refractivity contribution >= 4 is 5.84 Å². The van der Waals surface area contributed by atoms with E-state index in [1.54, 1.807) is 0 Å². The molecule has 0 aliphatic rings. The topological polar surface area (TPSA) is 53.1 Å². The van der Waals surface area contributed by atoms with Gasteiger partial charge in [-0.05, 0) is 39.1 Å². The van der Waals surface area contributed by atoms with E-state index >= 15 is 0 Å². The van der Waals surface area contributed by atoms with Gasteiger partial charge in [0.25, 0.3) is 0 Å². The van der Waals surface area contributed by atoms with Crippen LogP contribution in [0.15, 0.2) is 12.7 Å². The van der Waals surface area contributed by atoms with Gasteiger partial charge in [0, 0.05) is 0 Å². The predicted molar refractivity (Wildman–Crippen MR) is 69.4 cm³/mol. The first-order valence-electron chi connectivity index (χ1n) is 5.51. The van der Waals surface area contributed by atoms with Crippen LogP contribution in [-0.4, -0.2) is 31.4 Å². The molecule has 3 N–H and O–H groups in total. The molecule has 0 radical (unpaired) electrons. The molecule has 0 unspecified atom stereocenters. The van der Waals surface area contributed by atoms with Gasteiger partial charge < -0.3 is 10.6 Å². The molecule has 3 heteroatoms. The van der Waals surface area contributed by atoms with Crippen LogP contribution < -0.4 is 5.73 Å². The molecule has 0 bridgehead atoms. The monoisotopic (exact) mass is 213 g/mol. The number of hydrogen-bond donors (Lipinski definition) is 2. The van der Waals surface area contributed by atoms with E-state index in [4.69, 9.17) is 11.1 Å². The van der Waals surface area contributed by atoms with Gasteiger partial charge in [-0.1, -0.05) is 33.3 Å². The van der Waals surface area contributed by atoms with Crippen LogP contribution in [0.1, 0.15) is 33.1 Å². The second-order valence-electron chi connectivity index (χ2n) is 4.35. The van der Waals surface area contributed by atoms with Gasteiger partial charge >= 0.3 is 0 Å². The second kappa shape index (κ2) is 11.2. The lowest BCUT2D eigenvalue weighted by molar-refractivity contribution is 0.383. The fourth-order valence-corrected chi connectivity index (χ4v) is 0.981. The van der Waals surface area contributed by atoms with Crippen molar-refractivity contribution in [2.45, 2.75) is 33.1 Å². The molecule has 0 fully saturated rings. The summed E-state index contributed by atoms with van der Waals surface area (Å²) in [5.74, 6) is 0.896. The largest absolute Gasteiger partial charge is 0.384 e. The highest BCUT2D eigenvalue weighted by molar-refractivity contribution is 5.87. The SMILES string of the molecule is C=CC(=N)N.CC(C)CCCCN(C)C. The Hall–Kier alpha value is -0.830. The fourth-order valence-electron chi connectivity index (χ4n) is 0.981. The molecular weight excluding hydrogens is 186 g/mol. The number of nitrogens with one attached hydrogen (secondary N) is 1. The van der Waals surface area contributed by atoms with E-state index in [-0.39, 0.29) is 5.84 Å². The van der Waals surface area contributed by atoms with Crippen LogP contribution in [0.4, 0.5) is 0 Å². The Labute approximate surface area is 94.9 Å². The summed E-state index contributed by atoms with van der Waals surface area (Å²) in [6.45, 7) is 9.03. The zero-order valence-corrected chi connectivity index (χ0v) is 10.7. The van der Waals surface area contributed by atoms with Crippen LogP contribution >= 0.6 is 0 Å². The van der Waals surface area contributed by atoms with Crippen LogP contribution in [0.5, 0.6) is 0 Å². The summed E-state index contributed by atoms with van der Waals surface area (Å²) >= 11 is 0. The molecule has 0 aromatic carbocycles. The van der Waals surface area contributed by atoms with E-state index < -0.39 is 0 Å². The van der Waals surface area contributed by atoms with Crippen molar-refractivity contribution in [2.24, 2.45) is 11.7 Å². The highest BCUT2D eigenvalue weighted by atomic mass is 15.0. The minimum absolute atomic E-state index is 0.0185. The van der Waals surface area contributed by atoms with E-state index in [0.29, 0.717) is 0 Å². The molecular formula is C12H27N3. The van der Waals surface area contributed by atoms with Crippen molar-refractivity contribution in [3.63, 3.8) is 0 Å². The van der Waals surface area contributed by atoms with Crippen LogP contribution in [0.3, 0.4) is 0 Å². The van der Waals surface area contributed by atoms with E-state index in [9.17, 15) is 0 Å². The lowest BCUT2D eigenvalue weighted by atomic mass is 10.1. The molecule has 90 valence electrons. The van der Waals surface area contributed by atoms with Crippen molar-refractivity contribution < 1.29 is 0 Å². The maximum atomic E-state index is 6.40. The number of nitrogens with two attached hydrogens (primary N) is 1. The second-order valence-corrected chi connectivity index (χ2v) is 4.35. The summed E-state index contributed by atoms with van der Waals surface area (Å²) in [6.07, 6.45) is 5.40. The summed E-state index contributed by atoms with van der Waals surface area (Å²) in [5.41, 5.74) is 4.76. The van der Waals surface area contributed by atoms with Crippen molar-refractivity contribution in [3.05, 3.63) is 12.7 Å². The third-order valence-corrected chi connectivity index (χ3v) is 1.86. The normalized spacial score (nSPS) is 9.73. The van der Waals surface area contributed by atoms with Gasteiger partial charge in [0.2, 0.25) is 0 Å². The van der Waals surface area contributed by atoms with Gasteiger partial charge in [-0.2, -0.15) is 0 Å². The number of rotatable bonds is 6. The van der Waals surface area contributed by atoms with Crippen molar-refractivity contribution in [1.82, 2.24) is 4.90 Å². The Bertz CT molecular complexity index is 152. The maximum absolute atomic E-state index is 6.40. The van der Waals surface area contributed by atoms with Gasteiger partial charge in [0.05, 0.1) is 0 Å². The standard InChI is InChI=1S/C9H21N.C3H6N2/c1-9(2)7-5-6-8-10(3)4;1-2-3(4)5/h9H,5-8H2,1-4H3;2H,1H2,(H3,4,5). The molecule has 0 aliphatic heterocycles. The summed E-state index contributed by atoms with van der Waals surface area (Å²) in [6, 6.07) is 0. The predicted octanol–water partition coefficient (Wildman–Crippen LogP) is 2.48. The molecule has 0 atom stereocenters. The van der Waals surface area contributed by atoms with E-state index in [0.717, 1.165) is 5.92 Å². The van der Waals surface area contributed by atoms with E-state index in [1.165, 1.54) is 31.9 Å². The smallest absolute Gasteiger partial charge is 0.114 e. The average Bonchev–Trinajstić information content (AvgIpc) is 2.13. The van der Waals surface area contributed by atoms with Gasteiger partial charge in [0.1, 0.15) is 5.84 Å². The Balaban J connectivity index is 0. The molecule has 0 aromatic rings. The Kier molecular flexibility index (Phi) is 12.4. The summed E-state index contributed by atoms with van der Waals surface area (Å²) in [4.78, 5) is 2.25. The van der Waals surface area contributed by atoms with Gasteiger partial charge in [-0.3, -0.25) is 5.41 Å². The molecule has 0 rings (SSSR count). The maximum Gasteiger partial charge on any atom is 0.114 e. The molecule has 0 aromatic heterocycles. The van der Waals surface area contributed by atoms with Crippen LogP contribution in [-0.2, 0) is 0 Å². The third-order valence-electron chi connectivity index (χ3n) is 1.86. The molecule has 0 spiro atoms. The molecule has 0 saturated heterocycles. The first-order chi connectivity index (χ1) is 6.90. The summed E-state index contributed by atoms with van der Waals surface area (Å²) in [7, 11) is 4.27. The lowest BCUT2D eigenvalue weighted by Gasteiger charge is -2.09. The minimum Gasteiger partial charge on any atom is -0.384 e. The molecule has 0 heterocycles. The number of unbranched alkanes of at least 4 members (excludes halogenated alkanes) is 1. The van der Waals surface area contributed by atoms with E-state index in [1.807, 2.05) is 0 Å². The first kappa shape index (κ1) is 16.6. The van der Waals surface area contributed by atoms with E-state index in [2.05, 4.69) is 39.4 Å². The Morgan fingerprint density at radius 1 is 1.40 bits per heavy atom. The molecule has 15 heavy (non-hydrogen) atoms. The van der Waals surface area contributed by atoms with Crippen LogP contribution in [0, 0.1) is 11.3 Å². The van der Waals surface area contributed by atoms with Crippen LogP contribution in [0.2, 0.25) is 0 Å². The lowest BCUT2D eigenvalue weighted by Crippen LogP contribution is -2.12. The quantitative estimate of drug-likeness (QED) is 0.404. The van der Waals surface area contributed by atoms with Crippen molar-refractivity contribution in [1.29, 1.82) is 5.41 Å². The average molecular weight is 213 g/mol. The van der Waals surface area contributed by atoms with Gasteiger partial charge in [0.15, 0.2) is 0 Å². The minimum atomic E-state index is 0.0185. The van der Waals surface area contributed by atoms with Crippen molar-refractivity contribution in [2.75, 3.05) is 20.6 Å². The highest BCUT2D eigenvalue weighted by Crippen LogP contribution is 2.05. The zero-order valence-electron chi connectivity index (χ0n) is 10.7. The molecule has 3 nitrogen and oxygen atoms in total. The zero-order chi connectivity index (χ0) is 12.3. The molecule has 0 aliphatic carbocycles.